The third-order valence-electron chi connectivity index (χ3n) is 8.25. The van der Waals surface area contributed by atoms with Crippen LogP contribution in [0.25, 0.3) is 0 Å². The number of anilines is 1. The number of rotatable bonds is 5. The Morgan fingerprint density at radius 1 is 1.00 bits per heavy atom. The number of ketones is 1. The van der Waals surface area contributed by atoms with E-state index in [1.165, 1.54) is 5.56 Å². The van der Waals surface area contributed by atoms with Crippen LogP contribution in [0, 0.1) is 44.4 Å². The number of hydrogen-bond acceptors (Lipinski definition) is 5. The first-order chi connectivity index (χ1) is 19.4. The van der Waals surface area contributed by atoms with Crippen molar-refractivity contribution in [3.05, 3.63) is 116 Å². The molecular weight excluding hydrogens is 530 g/mol. The first-order valence-electron chi connectivity index (χ1n) is 13.9. The lowest BCUT2D eigenvalue weighted by Gasteiger charge is -2.44. The van der Waals surface area contributed by atoms with Crippen molar-refractivity contribution in [2.24, 2.45) is 11.1 Å². The quantitative estimate of drug-likeness (QED) is 0.338. The number of Topliss-reactive ketones (excluding diaryl/α,β-unsaturated/α-hetero) is 1. The van der Waals surface area contributed by atoms with E-state index in [2.05, 4.69) is 39.0 Å². The Morgan fingerprint density at radius 2 is 1.71 bits per heavy atom. The number of halogens is 1. The molecular formula is C35H36ClN3O2. The third kappa shape index (κ3) is 5.37. The van der Waals surface area contributed by atoms with E-state index in [0.717, 1.165) is 45.0 Å². The minimum absolute atomic E-state index is 0.0436. The Balaban J connectivity index is 1.66. The van der Waals surface area contributed by atoms with Crippen molar-refractivity contribution in [2.45, 2.75) is 66.9 Å². The minimum atomic E-state index is -0.561. The summed E-state index contributed by atoms with van der Waals surface area (Å²) in [5, 5.41) is 11.1. The molecule has 2 N–H and O–H groups in total. The molecule has 0 saturated carbocycles. The van der Waals surface area contributed by atoms with Gasteiger partial charge in [-0.1, -0.05) is 61.3 Å². The first kappa shape index (κ1) is 28.5. The van der Waals surface area contributed by atoms with E-state index in [-0.39, 0.29) is 11.2 Å². The topological polar surface area (TPSA) is 79.3 Å². The number of nitrogens with two attached hydrogens (primary N) is 1. The van der Waals surface area contributed by atoms with Crippen LogP contribution in [0.3, 0.4) is 0 Å². The molecule has 2 aliphatic rings. The Morgan fingerprint density at radius 3 is 2.37 bits per heavy atom. The number of nitriles is 1. The molecule has 1 heterocycles. The molecule has 3 aromatic rings. The van der Waals surface area contributed by atoms with Crippen molar-refractivity contribution < 1.29 is 9.53 Å². The number of carbonyl (C=O) groups is 1. The largest absolute Gasteiger partial charge is 0.489 e. The second-order valence-corrected chi connectivity index (χ2v) is 12.6. The molecule has 210 valence electrons. The zero-order chi connectivity index (χ0) is 29.6. The van der Waals surface area contributed by atoms with Crippen molar-refractivity contribution in [3.63, 3.8) is 0 Å². The van der Waals surface area contributed by atoms with Crippen molar-refractivity contribution in [3.8, 4) is 11.8 Å². The molecule has 0 aromatic heterocycles. The maximum absolute atomic E-state index is 14.0. The molecule has 0 spiro atoms. The van der Waals surface area contributed by atoms with Crippen molar-refractivity contribution >= 4 is 23.1 Å². The van der Waals surface area contributed by atoms with Gasteiger partial charge in [0.15, 0.2) is 5.78 Å². The van der Waals surface area contributed by atoms with Gasteiger partial charge in [0.05, 0.1) is 17.6 Å². The summed E-state index contributed by atoms with van der Waals surface area (Å²) in [6, 6.07) is 20.3. The van der Waals surface area contributed by atoms with Crippen LogP contribution in [-0.2, 0) is 11.4 Å². The van der Waals surface area contributed by atoms with E-state index in [4.69, 9.17) is 22.1 Å². The van der Waals surface area contributed by atoms with Gasteiger partial charge in [0.2, 0.25) is 0 Å². The van der Waals surface area contributed by atoms with Crippen LogP contribution in [-0.4, -0.2) is 5.78 Å². The van der Waals surface area contributed by atoms with Crippen LogP contribution in [0.5, 0.6) is 5.75 Å². The van der Waals surface area contributed by atoms with Gasteiger partial charge in [-0.15, -0.1) is 0 Å². The normalized spacial score (nSPS) is 18.3. The molecule has 1 unspecified atom stereocenters. The van der Waals surface area contributed by atoms with Gasteiger partial charge in [-0.3, -0.25) is 9.69 Å². The smallest absolute Gasteiger partial charge is 0.162 e. The van der Waals surface area contributed by atoms with Crippen molar-refractivity contribution in [1.29, 1.82) is 5.26 Å². The van der Waals surface area contributed by atoms with E-state index in [1.807, 2.05) is 68.1 Å². The van der Waals surface area contributed by atoms with E-state index in [0.29, 0.717) is 41.4 Å². The summed E-state index contributed by atoms with van der Waals surface area (Å²) < 4.78 is 6.13. The van der Waals surface area contributed by atoms with Crippen LogP contribution in [0.1, 0.15) is 66.0 Å². The lowest BCUT2D eigenvalue weighted by molar-refractivity contribution is -0.118. The monoisotopic (exact) mass is 565 g/mol. The number of carbonyl (C=O) groups excluding carboxylic acids is 1. The standard InChI is InChI=1S/C35H36ClN3O2/c1-20-7-11-26(12-8-20)41-19-24-14-27(23(4)13-22(24)3)32-28(18-37)34(38)39(25-10-9-21(2)29(36)15-25)30-16-35(5,6)17-31(40)33(30)32/h7-15,32H,16-17,19,38H2,1-6H3. The highest BCUT2D eigenvalue weighted by molar-refractivity contribution is 6.31. The van der Waals surface area contributed by atoms with Gasteiger partial charge in [-0.2, -0.15) is 5.26 Å². The predicted molar refractivity (Wildman–Crippen MR) is 165 cm³/mol. The summed E-state index contributed by atoms with van der Waals surface area (Å²) in [6.45, 7) is 12.6. The number of nitrogens with zero attached hydrogens (tertiary/aromatic N) is 2. The predicted octanol–water partition coefficient (Wildman–Crippen LogP) is 8.09. The second-order valence-electron chi connectivity index (χ2n) is 12.2. The number of benzene rings is 3. The van der Waals surface area contributed by atoms with Crippen LogP contribution in [0.4, 0.5) is 5.69 Å². The summed E-state index contributed by atoms with van der Waals surface area (Å²) in [7, 11) is 0. The highest BCUT2D eigenvalue weighted by atomic mass is 35.5. The molecule has 6 heteroatoms. The fourth-order valence-corrected chi connectivity index (χ4v) is 6.19. The average molecular weight is 566 g/mol. The zero-order valence-electron chi connectivity index (χ0n) is 24.6. The van der Waals surface area contributed by atoms with Crippen LogP contribution >= 0.6 is 11.6 Å². The summed E-state index contributed by atoms with van der Waals surface area (Å²) in [6.07, 6.45) is 1.04. The lowest BCUT2D eigenvalue weighted by atomic mass is 9.68. The highest BCUT2D eigenvalue weighted by Crippen LogP contribution is 2.51. The average Bonchev–Trinajstić information content (AvgIpc) is 2.90. The second kappa shape index (κ2) is 10.8. The number of aryl methyl sites for hydroxylation is 4. The maximum atomic E-state index is 14.0. The SMILES string of the molecule is Cc1ccc(OCc2cc(C3C(C#N)=C(N)N(c4ccc(C)c(Cl)c4)C4=C3C(=O)CC(C)(C)C4)c(C)cc2C)cc1. The highest BCUT2D eigenvalue weighted by Gasteiger charge is 2.45. The zero-order valence-corrected chi connectivity index (χ0v) is 25.3. The molecule has 0 bridgehead atoms. The van der Waals surface area contributed by atoms with E-state index in [1.54, 1.807) is 0 Å². The Bertz CT molecular complexity index is 1660. The van der Waals surface area contributed by atoms with E-state index >= 15 is 0 Å². The molecule has 0 amide bonds. The van der Waals surface area contributed by atoms with Crippen molar-refractivity contribution in [2.75, 3.05) is 4.90 Å². The van der Waals surface area contributed by atoms with Crippen molar-refractivity contribution in [1.82, 2.24) is 0 Å². The number of allylic oxidation sites excluding steroid dienone is 3. The van der Waals surface area contributed by atoms with Gasteiger partial charge in [-0.05, 0) is 91.6 Å². The molecule has 0 fully saturated rings. The molecule has 1 atom stereocenters. The van der Waals surface area contributed by atoms with Gasteiger partial charge in [0.1, 0.15) is 18.2 Å². The number of hydrogen-bond donors (Lipinski definition) is 1. The molecule has 1 aliphatic heterocycles. The van der Waals surface area contributed by atoms with Crippen LogP contribution in [0.15, 0.2) is 77.3 Å². The maximum Gasteiger partial charge on any atom is 0.162 e. The molecule has 0 saturated heterocycles. The van der Waals surface area contributed by atoms with Gasteiger partial charge >= 0.3 is 0 Å². The van der Waals surface area contributed by atoms with Crippen LogP contribution < -0.4 is 15.4 Å². The fourth-order valence-electron chi connectivity index (χ4n) is 6.01. The molecule has 3 aromatic carbocycles. The molecule has 5 nitrogen and oxygen atoms in total. The Labute approximate surface area is 247 Å². The summed E-state index contributed by atoms with van der Waals surface area (Å²) in [5.74, 6) is 0.606. The summed E-state index contributed by atoms with van der Waals surface area (Å²) >= 11 is 6.53. The van der Waals surface area contributed by atoms with E-state index < -0.39 is 5.92 Å². The van der Waals surface area contributed by atoms with Gasteiger partial charge in [0.25, 0.3) is 0 Å². The first-order valence-corrected chi connectivity index (χ1v) is 14.3. The Kier molecular flexibility index (Phi) is 7.48. The van der Waals surface area contributed by atoms with Gasteiger partial charge in [-0.25, -0.2) is 0 Å². The van der Waals surface area contributed by atoms with Gasteiger partial charge < -0.3 is 10.5 Å². The summed E-state index contributed by atoms with van der Waals surface area (Å²) in [4.78, 5) is 15.9. The van der Waals surface area contributed by atoms with Crippen LogP contribution in [0.2, 0.25) is 5.02 Å². The summed E-state index contributed by atoms with van der Waals surface area (Å²) in [5.41, 5.74) is 15.3. The molecule has 41 heavy (non-hydrogen) atoms. The molecule has 0 radical (unpaired) electrons. The minimum Gasteiger partial charge on any atom is -0.489 e. The van der Waals surface area contributed by atoms with E-state index in [9.17, 15) is 10.1 Å². The molecule has 5 rings (SSSR count). The lowest BCUT2D eigenvalue weighted by Crippen LogP contribution is -2.42. The third-order valence-corrected chi connectivity index (χ3v) is 8.65. The van der Waals surface area contributed by atoms with Gasteiger partial charge in [0, 0.05) is 28.4 Å². The Hall–Kier alpha value is -4.01. The number of ether oxygens (including phenoxy) is 1. The fraction of sp³-hybridized carbons (Fsp3) is 0.314. The molecule has 1 aliphatic carbocycles.